The van der Waals surface area contributed by atoms with Gasteiger partial charge < -0.3 is 9.88 Å². The van der Waals surface area contributed by atoms with Gasteiger partial charge in [0.2, 0.25) is 5.91 Å². The lowest BCUT2D eigenvalue weighted by atomic mass is 10.1. The van der Waals surface area contributed by atoms with Crippen LogP contribution in [0.4, 0.5) is 24.0 Å². The van der Waals surface area contributed by atoms with Crippen LogP contribution in [0.25, 0.3) is 5.69 Å². The number of nitrogens with one attached hydrogen (secondary N) is 2. The van der Waals surface area contributed by atoms with Crippen LogP contribution in [-0.4, -0.2) is 21.7 Å². The molecular formula is C27H26F3N5OS. The molecule has 2 aromatic carbocycles. The lowest BCUT2D eigenvalue weighted by Crippen LogP contribution is -2.20. The molecule has 2 N–H and O–H groups in total. The van der Waals surface area contributed by atoms with Gasteiger partial charge in [0.1, 0.15) is 0 Å². The Morgan fingerprint density at radius 3 is 2.62 bits per heavy atom. The van der Waals surface area contributed by atoms with E-state index in [2.05, 4.69) is 51.4 Å². The van der Waals surface area contributed by atoms with E-state index in [-0.39, 0.29) is 18.0 Å². The number of aryl methyl sites for hydroxylation is 2. The molecular weight excluding hydrogens is 499 g/mol. The summed E-state index contributed by atoms with van der Waals surface area (Å²) in [4.78, 5) is 16.7. The number of carbonyl (C=O) groups excluding carboxylic acids is 1. The monoisotopic (exact) mass is 525 g/mol. The van der Waals surface area contributed by atoms with Gasteiger partial charge in [-0.1, -0.05) is 18.2 Å². The predicted octanol–water partition coefficient (Wildman–Crippen LogP) is 6.62. The third kappa shape index (κ3) is 6.08. The van der Waals surface area contributed by atoms with Crippen molar-refractivity contribution in [2.45, 2.75) is 40.3 Å². The Kier molecular flexibility index (Phi) is 7.49. The molecule has 4 aromatic rings. The van der Waals surface area contributed by atoms with Crippen molar-refractivity contribution >= 4 is 34.3 Å². The summed E-state index contributed by atoms with van der Waals surface area (Å²) >= 11 is 1.20. The van der Waals surface area contributed by atoms with Gasteiger partial charge in [-0.05, 0) is 69.2 Å². The fourth-order valence-corrected chi connectivity index (χ4v) is 4.72. The molecule has 10 heteroatoms. The van der Waals surface area contributed by atoms with Gasteiger partial charge in [0.05, 0.1) is 23.9 Å². The normalized spacial score (nSPS) is 11.8. The Labute approximate surface area is 216 Å². The summed E-state index contributed by atoms with van der Waals surface area (Å²) in [5.41, 5.74) is 9.00. The minimum atomic E-state index is -4.43. The fraction of sp³-hybridized carbons (Fsp3) is 0.222. The first kappa shape index (κ1) is 26.2. The average Bonchev–Trinajstić information content (AvgIpc) is 3.38. The number of anilines is 2. The zero-order valence-electron chi connectivity index (χ0n) is 20.8. The van der Waals surface area contributed by atoms with E-state index in [1.807, 2.05) is 26.0 Å². The number of alkyl halides is 3. The minimum absolute atomic E-state index is 0.0143. The number of rotatable bonds is 7. The third-order valence-corrected chi connectivity index (χ3v) is 6.82. The third-order valence-electron chi connectivity index (χ3n) is 6.01. The van der Waals surface area contributed by atoms with Crippen molar-refractivity contribution in [3.63, 3.8) is 0 Å². The van der Waals surface area contributed by atoms with Crippen molar-refractivity contribution in [1.29, 1.82) is 0 Å². The second-order valence-corrected chi connectivity index (χ2v) is 9.56. The Morgan fingerprint density at radius 1 is 1.11 bits per heavy atom. The molecule has 192 valence electrons. The Morgan fingerprint density at radius 2 is 1.86 bits per heavy atom. The number of aromatic nitrogens is 2. The minimum Gasteiger partial charge on any atom is -0.332 e. The van der Waals surface area contributed by atoms with Crippen LogP contribution >= 0.6 is 11.3 Å². The first-order chi connectivity index (χ1) is 17.5. The molecule has 37 heavy (non-hydrogen) atoms. The summed E-state index contributed by atoms with van der Waals surface area (Å²) < 4.78 is 40.9. The highest BCUT2D eigenvalue weighted by molar-refractivity contribution is 7.13. The molecule has 0 radical (unpaired) electrons. The maximum absolute atomic E-state index is 12.9. The molecule has 0 aliphatic carbocycles. The van der Waals surface area contributed by atoms with Crippen molar-refractivity contribution < 1.29 is 18.0 Å². The van der Waals surface area contributed by atoms with Gasteiger partial charge in [0, 0.05) is 33.7 Å². The molecule has 0 saturated carbocycles. The van der Waals surface area contributed by atoms with E-state index in [0.717, 1.165) is 34.8 Å². The smallest absolute Gasteiger partial charge is 0.332 e. The van der Waals surface area contributed by atoms with Gasteiger partial charge in [0.25, 0.3) is 0 Å². The maximum atomic E-state index is 12.9. The average molecular weight is 526 g/mol. The molecule has 0 atom stereocenters. The highest BCUT2D eigenvalue weighted by atomic mass is 32.1. The van der Waals surface area contributed by atoms with Gasteiger partial charge in [-0.15, -0.1) is 11.3 Å². The molecule has 2 aromatic heterocycles. The number of amides is 1. The molecule has 0 unspecified atom stereocenters. The maximum Gasteiger partial charge on any atom is 0.416 e. The van der Waals surface area contributed by atoms with E-state index in [1.165, 1.54) is 34.6 Å². The molecule has 0 spiro atoms. The van der Waals surface area contributed by atoms with E-state index in [1.54, 1.807) is 11.6 Å². The van der Waals surface area contributed by atoms with Crippen LogP contribution < -0.4 is 10.7 Å². The quantitative estimate of drug-likeness (QED) is 0.210. The molecule has 0 saturated heterocycles. The van der Waals surface area contributed by atoms with Crippen LogP contribution in [0.15, 0.2) is 59.0 Å². The molecule has 4 rings (SSSR count). The number of hydrazone groups is 1. The zero-order chi connectivity index (χ0) is 26.7. The fourth-order valence-electron chi connectivity index (χ4n) is 3.99. The largest absolute Gasteiger partial charge is 0.416 e. The summed E-state index contributed by atoms with van der Waals surface area (Å²) in [6.07, 6.45) is -2.83. The predicted molar refractivity (Wildman–Crippen MR) is 141 cm³/mol. The van der Waals surface area contributed by atoms with Crippen molar-refractivity contribution in [1.82, 2.24) is 15.0 Å². The van der Waals surface area contributed by atoms with Crippen molar-refractivity contribution in [2.75, 3.05) is 5.32 Å². The summed E-state index contributed by atoms with van der Waals surface area (Å²) in [6.45, 7) is 8.21. The number of thiazole rings is 1. The zero-order valence-corrected chi connectivity index (χ0v) is 21.6. The summed E-state index contributed by atoms with van der Waals surface area (Å²) in [5.74, 6) is -0.351. The van der Waals surface area contributed by atoms with Gasteiger partial charge in [-0.2, -0.15) is 18.3 Å². The van der Waals surface area contributed by atoms with Crippen LogP contribution in [0.5, 0.6) is 0 Å². The van der Waals surface area contributed by atoms with E-state index in [9.17, 15) is 18.0 Å². The number of benzene rings is 2. The molecule has 0 fully saturated rings. The molecule has 6 nitrogen and oxygen atoms in total. The molecule has 1 amide bonds. The highest BCUT2D eigenvalue weighted by Gasteiger charge is 2.30. The van der Waals surface area contributed by atoms with Crippen LogP contribution in [-0.2, 0) is 17.4 Å². The van der Waals surface area contributed by atoms with Crippen LogP contribution in [0.1, 0.15) is 39.3 Å². The number of carbonyl (C=O) groups is 1. The number of nitrogens with zero attached hydrogens (tertiary/aromatic N) is 3. The van der Waals surface area contributed by atoms with E-state index in [4.69, 9.17) is 0 Å². The topological polar surface area (TPSA) is 71.3 Å². The first-order valence-corrected chi connectivity index (χ1v) is 12.4. The molecule has 0 bridgehead atoms. The molecule has 0 aliphatic rings. The lowest BCUT2D eigenvalue weighted by Gasteiger charge is -2.14. The Balaban J connectivity index is 1.38. The number of halogens is 3. The molecule has 2 heterocycles. The second-order valence-electron chi connectivity index (χ2n) is 8.70. The van der Waals surface area contributed by atoms with Crippen LogP contribution in [0, 0.1) is 27.7 Å². The van der Waals surface area contributed by atoms with Gasteiger partial charge in [0.15, 0.2) is 5.13 Å². The summed E-state index contributed by atoms with van der Waals surface area (Å²) in [5, 5.41) is 9.03. The highest BCUT2D eigenvalue weighted by Crippen LogP contribution is 2.32. The Hall–Kier alpha value is -3.92. The van der Waals surface area contributed by atoms with Gasteiger partial charge in [-0.3, -0.25) is 4.79 Å². The van der Waals surface area contributed by atoms with Gasteiger partial charge >= 0.3 is 6.18 Å². The molecule has 0 aliphatic heterocycles. The summed E-state index contributed by atoms with van der Waals surface area (Å²) in [7, 11) is 0. The van der Waals surface area contributed by atoms with Crippen molar-refractivity contribution in [3.8, 4) is 5.69 Å². The Bertz CT molecular complexity index is 1470. The lowest BCUT2D eigenvalue weighted by molar-refractivity contribution is -0.137. The van der Waals surface area contributed by atoms with Gasteiger partial charge in [-0.25, -0.2) is 10.4 Å². The van der Waals surface area contributed by atoms with Crippen molar-refractivity contribution in [3.05, 3.63) is 93.2 Å². The van der Waals surface area contributed by atoms with E-state index < -0.39 is 11.7 Å². The number of hydrogen-bond acceptors (Lipinski definition) is 5. The van der Waals surface area contributed by atoms with Crippen LogP contribution in [0.3, 0.4) is 0 Å². The van der Waals surface area contributed by atoms with Crippen LogP contribution in [0.2, 0.25) is 0 Å². The standard InChI is InChI=1S/C27H26F3N5OS/c1-16-7-5-10-24(18(16)3)35-17(2)11-20(19(35)4)14-31-34-25(36)13-23-15-37-26(33-23)32-22-9-6-8-21(12-22)27(28,29)30/h5-12,14-15H,13H2,1-4H3,(H,32,33)(H,34,36)/b31-14-. The number of hydrogen-bond donors (Lipinski definition) is 2. The first-order valence-electron chi connectivity index (χ1n) is 11.5. The summed E-state index contributed by atoms with van der Waals surface area (Å²) in [6, 6.07) is 13.1. The SMILES string of the molecule is Cc1cccc(-n2c(C)cc(/C=N\NC(=O)Cc3csc(Nc4cccc(C(F)(F)F)c4)n3)c2C)c1C. The van der Waals surface area contributed by atoms with E-state index >= 15 is 0 Å². The van der Waals surface area contributed by atoms with E-state index in [0.29, 0.717) is 10.8 Å². The second kappa shape index (κ2) is 10.6. The van der Waals surface area contributed by atoms with Crippen molar-refractivity contribution in [2.24, 2.45) is 5.10 Å².